The van der Waals surface area contributed by atoms with E-state index in [2.05, 4.69) is 19.9 Å². The fourth-order valence-electron chi connectivity index (χ4n) is 2.40. The molecule has 3 aromatic rings. The first-order valence-corrected chi connectivity index (χ1v) is 10.2. The molecule has 3 aromatic heterocycles. The Labute approximate surface area is 162 Å². The lowest BCUT2D eigenvalue weighted by Gasteiger charge is -2.14. The van der Waals surface area contributed by atoms with E-state index in [1.165, 1.54) is 6.92 Å². The van der Waals surface area contributed by atoms with Crippen LogP contribution in [0.25, 0.3) is 22.8 Å². The van der Waals surface area contributed by atoms with Crippen LogP contribution < -0.4 is 0 Å². The van der Waals surface area contributed by atoms with Crippen LogP contribution in [0, 0.1) is 3.70 Å². The van der Waals surface area contributed by atoms with Gasteiger partial charge in [0, 0.05) is 25.7 Å². The Balaban J connectivity index is 2.33. The van der Waals surface area contributed by atoms with Gasteiger partial charge in [-0.2, -0.15) is 0 Å². The lowest BCUT2D eigenvalue weighted by Crippen LogP contribution is -2.13. The van der Waals surface area contributed by atoms with E-state index in [0.29, 0.717) is 21.9 Å². The molecule has 3 heterocycles. The van der Waals surface area contributed by atoms with Crippen LogP contribution in [-0.2, 0) is 22.8 Å². The van der Waals surface area contributed by atoms with Gasteiger partial charge in [0.2, 0.25) is 0 Å². The van der Waals surface area contributed by atoms with E-state index < -0.39 is 21.3 Å². The smallest absolute Gasteiger partial charge is 0.272 e. The average Bonchev–Trinajstić information content (AvgIpc) is 2.89. The van der Waals surface area contributed by atoms with Crippen LogP contribution in [0.5, 0.6) is 0 Å². The first kappa shape index (κ1) is 19.0. The van der Waals surface area contributed by atoms with Gasteiger partial charge < -0.3 is 4.57 Å². The number of nitrogens with zero attached hydrogens (tertiary/aromatic N) is 5. The summed E-state index contributed by atoms with van der Waals surface area (Å²) >= 11 is 1.98. The van der Waals surface area contributed by atoms with E-state index in [1.54, 1.807) is 17.8 Å². The van der Waals surface area contributed by atoms with Crippen molar-refractivity contribution in [2.75, 3.05) is 5.75 Å². The van der Waals surface area contributed by atoms with E-state index in [-0.39, 0.29) is 22.2 Å². The third-order valence-corrected chi connectivity index (χ3v) is 6.10. The molecule has 11 heteroatoms. The number of halogens is 3. The molecule has 0 amide bonds. The quantitative estimate of drug-likeness (QED) is 0.520. The second-order valence-corrected chi connectivity index (χ2v) is 9.05. The fourth-order valence-corrected chi connectivity index (χ4v) is 3.82. The van der Waals surface area contributed by atoms with Gasteiger partial charge in [-0.1, -0.05) is 6.92 Å². The van der Waals surface area contributed by atoms with Crippen LogP contribution in [0.2, 0.25) is 0 Å². The number of rotatable bonds is 4. The van der Waals surface area contributed by atoms with Gasteiger partial charge in [0.05, 0.1) is 16.8 Å². The first-order valence-electron chi connectivity index (χ1n) is 7.51. The molecular weight excluding hydrogens is 479 g/mol. The van der Waals surface area contributed by atoms with Crippen LogP contribution in [0.15, 0.2) is 23.4 Å². The summed E-state index contributed by atoms with van der Waals surface area (Å²) in [7, 11) is -2.18. The van der Waals surface area contributed by atoms with Crippen molar-refractivity contribution in [3.05, 3.63) is 27.7 Å². The summed E-state index contributed by atoms with van der Waals surface area (Å²) in [5.74, 6) is -3.27. The zero-order chi connectivity index (χ0) is 19.3. The summed E-state index contributed by atoms with van der Waals surface area (Å²) in [6.07, 6.45) is 2.51. The minimum atomic E-state index is -3.81. The molecule has 0 N–H and O–H groups in total. The van der Waals surface area contributed by atoms with Crippen LogP contribution in [0.4, 0.5) is 8.78 Å². The Hall–Kier alpha value is -1.76. The Morgan fingerprint density at radius 3 is 2.54 bits per heavy atom. The molecule has 0 aliphatic rings. The van der Waals surface area contributed by atoms with E-state index in [1.807, 2.05) is 22.6 Å². The van der Waals surface area contributed by atoms with Crippen molar-refractivity contribution in [2.24, 2.45) is 7.05 Å². The largest absolute Gasteiger partial charge is 0.309 e. The molecule has 138 valence electrons. The van der Waals surface area contributed by atoms with Gasteiger partial charge in [-0.25, -0.2) is 32.2 Å². The molecule has 0 saturated heterocycles. The van der Waals surface area contributed by atoms with Gasteiger partial charge in [-0.05, 0) is 28.7 Å². The maximum atomic E-state index is 13.7. The molecule has 0 spiro atoms. The van der Waals surface area contributed by atoms with Gasteiger partial charge in [0.15, 0.2) is 27.0 Å². The third kappa shape index (κ3) is 3.29. The third-order valence-electron chi connectivity index (χ3n) is 3.84. The monoisotopic (exact) mass is 493 g/mol. The molecule has 0 bridgehead atoms. The summed E-state index contributed by atoms with van der Waals surface area (Å²) < 4.78 is 54.5. The number of alkyl halides is 2. The minimum Gasteiger partial charge on any atom is -0.309 e. The van der Waals surface area contributed by atoms with Gasteiger partial charge in [-0.15, -0.1) is 0 Å². The Kier molecular flexibility index (Phi) is 4.71. The molecule has 0 fully saturated rings. The van der Waals surface area contributed by atoms with E-state index in [9.17, 15) is 17.2 Å². The van der Waals surface area contributed by atoms with Gasteiger partial charge in [-0.3, -0.25) is 4.98 Å². The topological polar surface area (TPSA) is 90.6 Å². The van der Waals surface area contributed by atoms with Crippen molar-refractivity contribution in [1.29, 1.82) is 0 Å². The second kappa shape index (κ2) is 6.44. The van der Waals surface area contributed by atoms with Crippen LogP contribution >= 0.6 is 22.6 Å². The molecule has 0 aliphatic carbocycles. The molecule has 0 unspecified atom stereocenters. The summed E-state index contributed by atoms with van der Waals surface area (Å²) in [5.41, 5.74) is 0.280. The van der Waals surface area contributed by atoms with Crippen LogP contribution in [0.3, 0.4) is 0 Å². The Bertz CT molecular complexity index is 1110. The summed E-state index contributed by atoms with van der Waals surface area (Å²) in [6, 6.07) is 0.963. The number of aromatic nitrogens is 5. The predicted molar refractivity (Wildman–Crippen MR) is 99.5 cm³/mol. The zero-order valence-corrected chi connectivity index (χ0v) is 17.0. The normalized spacial score (nSPS) is 12.7. The first-order chi connectivity index (χ1) is 12.0. The summed E-state index contributed by atoms with van der Waals surface area (Å²) in [5, 5.41) is 0. The maximum Gasteiger partial charge on any atom is 0.272 e. The van der Waals surface area contributed by atoms with Gasteiger partial charge in [0.1, 0.15) is 9.39 Å². The van der Waals surface area contributed by atoms with Crippen LogP contribution in [0.1, 0.15) is 19.4 Å². The van der Waals surface area contributed by atoms with E-state index in [0.717, 1.165) is 12.3 Å². The second-order valence-electron chi connectivity index (χ2n) is 5.70. The molecular formula is C15H14F2IN5O2S. The fraction of sp³-hybridized carbons (Fsp3) is 0.333. The van der Waals surface area contributed by atoms with Crippen molar-refractivity contribution in [2.45, 2.75) is 24.7 Å². The molecule has 3 rings (SSSR count). The summed E-state index contributed by atoms with van der Waals surface area (Å²) in [4.78, 5) is 16.5. The minimum absolute atomic E-state index is 0.00263. The highest BCUT2D eigenvalue weighted by atomic mass is 127. The van der Waals surface area contributed by atoms with Gasteiger partial charge >= 0.3 is 0 Å². The maximum absolute atomic E-state index is 13.7. The lowest BCUT2D eigenvalue weighted by molar-refractivity contribution is 0.0169. The Morgan fingerprint density at radius 1 is 1.23 bits per heavy atom. The van der Waals surface area contributed by atoms with E-state index in [4.69, 9.17) is 0 Å². The van der Waals surface area contributed by atoms with Crippen molar-refractivity contribution in [1.82, 2.24) is 24.5 Å². The Morgan fingerprint density at radius 2 is 1.92 bits per heavy atom. The molecule has 0 radical (unpaired) electrons. The summed E-state index contributed by atoms with van der Waals surface area (Å²) in [6.45, 7) is 2.13. The number of hydrogen-bond acceptors (Lipinski definition) is 6. The van der Waals surface area contributed by atoms with Crippen molar-refractivity contribution in [3.8, 4) is 11.5 Å². The number of imidazole rings is 1. The highest BCUT2D eigenvalue weighted by Crippen LogP contribution is 2.33. The van der Waals surface area contributed by atoms with Crippen LogP contribution in [-0.4, -0.2) is 38.7 Å². The predicted octanol–water partition coefficient (Wildman–Crippen LogP) is 2.94. The molecule has 26 heavy (non-hydrogen) atoms. The number of fused-ring (bicyclic) bond motifs is 1. The molecule has 0 aromatic carbocycles. The molecule has 0 saturated carbocycles. The number of pyridine rings is 1. The highest BCUT2D eigenvalue weighted by molar-refractivity contribution is 14.1. The number of hydrogen-bond donors (Lipinski definition) is 0. The SMILES string of the molecule is CCS(=O)(=O)c1cc(C(C)(F)F)cnc1-c1nc2nc(I)cnc2n1C. The molecule has 0 aliphatic heterocycles. The average molecular weight is 493 g/mol. The van der Waals surface area contributed by atoms with Crippen molar-refractivity contribution in [3.63, 3.8) is 0 Å². The lowest BCUT2D eigenvalue weighted by atomic mass is 10.1. The highest BCUT2D eigenvalue weighted by Gasteiger charge is 2.30. The van der Waals surface area contributed by atoms with Gasteiger partial charge in [0.25, 0.3) is 5.92 Å². The number of aryl methyl sites for hydroxylation is 1. The van der Waals surface area contributed by atoms with E-state index >= 15 is 0 Å². The zero-order valence-electron chi connectivity index (χ0n) is 14.0. The standard InChI is InChI=1S/C15H14F2IN5O2S/c1-4-26(24,25)9-5-8(15(2,16)17)6-19-11(9)13-22-12-14(23(13)3)20-7-10(18)21-12/h5-7H,4H2,1-3H3. The molecule has 0 atom stereocenters. The molecule has 7 nitrogen and oxygen atoms in total. The van der Waals surface area contributed by atoms with Crippen molar-refractivity contribution < 1.29 is 17.2 Å². The number of sulfone groups is 1. The van der Waals surface area contributed by atoms with Crippen molar-refractivity contribution >= 4 is 43.7 Å².